The predicted octanol–water partition coefficient (Wildman–Crippen LogP) is 1.62. The van der Waals surface area contributed by atoms with Crippen LogP contribution in [0.5, 0.6) is 0 Å². The van der Waals surface area contributed by atoms with E-state index >= 15 is 0 Å². The smallest absolute Gasteiger partial charge is 0.369 e. The Hall–Kier alpha value is -2.67. The Morgan fingerprint density at radius 1 is 1.00 bits per heavy atom. The molecule has 2 heterocycles. The van der Waals surface area contributed by atoms with Crippen molar-refractivity contribution < 1.29 is 36.0 Å². The number of amides is 3. The van der Waals surface area contributed by atoms with Gasteiger partial charge < -0.3 is 16.0 Å². The Labute approximate surface area is 213 Å². The molecular weight excluding hydrogens is 513 g/mol. The fourth-order valence-electron chi connectivity index (χ4n) is 5.28. The lowest BCUT2D eigenvalue weighted by molar-refractivity contribution is -0.142. The number of primary amides is 1. The lowest BCUT2D eigenvalue weighted by atomic mass is 9.84. The predicted molar refractivity (Wildman–Crippen MR) is 127 cm³/mol. The van der Waals surface area contributed by atoms with E-state index in [2.05, 4.69) is 5.32 Å². The molecule has 204 valence electrons. The van der Waals surface area contributed by atoms with Crippen molar-refractivity contribution in [3.63, 3.8) is 0 Å². The highest BCUT2D eigenvalue weighted by atomic mass is 32.2. The minimum absolute atomic E-state index is 0.0264. The quantitative estimate of drug-likeness (QED) is 0.539. The van der Waals surface area contributed by atoms with Gasteiger partial charge in [0.1, 0.15) is 6.04 Å². The summed E-state index contributed by atoms with van der Waals surface area (Å²) in [5, 5.41) is 2.03. The van der Waals surface area contributed by atoms with Gasteiger partial charge in [-0.25, -0.2) is 12.7 Å². The second kappa shape index (κ2) is 10.6. The number of sulfonamides is 1. The Bertz CT molecular complexity index is 1140. The summed E-state index contributed by atoms with van der Waals surface area (Å²) in [7, 11) is -3.66. The van der Waals surface area contributed by atoms with Crippen LogP contribution in [0.15, 0.2) is 24.3 Å². The van der Waals surface area contributed by atoms with Gasteiger partial charge in [-0.2, -0.15) is 13.2 Å². The molecule has 37 heavy (non-hydrogen) atoms. The molecule has 1 aromatic carbocycles. The van der Waals surface area contributed by atoms with E-state index in [-0.39, 0.29) is 31.8 Å². The molecular formula is C24H31F3N4O5S. The van der Waals surface area contributed by atoms with Gasteiger partial charge in [0.15, 0.2) is 0 Å². The molecule has 2 atom stereocenters. The Morgan fingerprint density at radius 2 is 1.65 bits per heavy atom. The van der Waals surface area contributed by atoms with Gasteiger partial charge in [-0.15, -0.1) is 0 Å². The van der Waals surface area contributed by atoms with Crippen LogP contribution < -0.4 is 11.1 Å². The second-order valence-corrected chi connectivity index (χ2v) is 12.2. The summed E-state index contributed by atoms with van der Waals surface area (Å²) in [5.41, 5.74) is 4.98. The number of rotatable bonds is 7. The van der Waals surface area contributed by atoms with Crippen LogP contribution in [-0.2, 0) is 37.1 Å². The Kier molecular flexibility index (Phi) is 7.84. The van der Waals surface area contributed by atoms with E-state index in [0.717, 1.165) is 12.1 Å². The average molecular weight is 545 g/mol. The van der Waals surface area contributed by atoms with Crippen molar-refractivity contribution in [2.45, 2.75) is 62.5 Å². The van der Waals surface area contributed by atoms with Crippen molar-refractivity contribution in [1.82, 2.24) is 14.5 Å². The molecule has 1 aromatic rings. The molecule has 3 aliphatic rings. The molecule has 3 fully saturated rings. The maximum absolute atomic E-state index is 13.3. The summed E-state index contributed by atoms with van der Waals surface area (Å²) < 4.78 is 65.6. The zero-order chi connectivity index (χ0) is 27.0. The topological polar surface area (TPSA) is 130 Å². The maximum atomic E-state index is 13.3. The van der Waals surface area contributed by atoms with Crippen LogP contribution >= 0.6 is 0 Å². The van der Waals surface area contributed by atoms with Crippen LogP contribution in [0.1, 0.15) is 49.7 Å². The van der Waals surface area contributed by atoms with E-state index in [1.807, 2.05) is 0 Å². The third-order valence-corrected chi connectivity index (χ3v) is 9.88. The van der Waals surface area contributed by atoms with Crippen LogP contribution in [0.3, 0.4) is 0 Å². The van der Waals surface area contributed by atoms with Gasteiger partial charge in [0.25, 0.3) is 0 Å². The van der Waals surface area contributed by atoms with E-state index in [1.165, 1.54) is 21.3 Å². The number of likely N-dealkylation sites (tertiary alicyclic amines) is 1. The number of carbonyl (C=O) groups excluding carboxylic acids is 3. The van der Waals surface area contributed by atoms with Crippen LogP contribution in [0.4, 0.5) is 13.2 Å². The highest BCUT2D eigenvalue weighted by Crippen LogP contribution is 2.36. The fraction of sp³-hybridized carbons (Fsp3) is 0.625. The minimum Gasteiger partial charge on any atom is -0.369 e. The first-order valence-corrected chi connectivity index (χ1v) is 13.9. The number of nitrogens with two attached hydrogens (primary N) is 1. The molecule has 3 N–H and O–H groups in total. The van der Waals surface area contributed by atoms with Gasteiger partial charge in [-0.3, -0.25) is 14.4 Å². The number of hydrogen-bond acceptors (Lipinski definition) is 5. The molecule has 2 saturated heterocycles. The van der Waals surface area contributed by atoms with E-state index in [9.17, 15) is 36.0 Å². The van der Waals surface area contributed by atoms with Crippen LogP contribution in [0.25, 0.3) is 0 Å². The first-order chi connectivity index (χ1) is 17.4. The summed E-state index contributed by atoms with van der Waals surface area (Å²) in [4.78, 5) is 39.0. The molecule has 0 spiro atoms. The fourth-order valence-corrected chi connectivity index (χ4v) is 7.43. The Balaban J connectivity index is 1.33. The molecule has 0 aromatic heterocycles. The van der Waals surface area contributed by atoms with Crippen molar-refractivity contribution >= 4 is 27.7 Å². The number of hydrogen-bond donors (Lipinski definition) is 2. The van der Waals surface area contributed by atoms with Crippen molar-refractivity contribution in [2.75, 3.05) is 19.6 Å². The summed E-state index contributed by atoms with van der Waals surface area (Å²) in [6.45, 7) is 0.748. The van der Waals surface area contributed by atoms with Crippen molar-refractivity contribution in [1.29, 1.82) is 0 Å². The number of piperidine rings is 1. The van der Waals surface area contributed by atoms with Gasteiger partial charge in [0.2, 0.25) is 27.7 Å². The first kappa shape index (κ1) is 27.4. The van der Waals surface area contributed by atoms with Crippen LogP contribution in [0.2, 0.25) is 0 Å². The number of carbonyl (C=O) groups is 3. The third-order valence-electron chi connectivity index (χ3n) is 7.60. The standard InChI is InChI=1S/C24H31F3N4O5S/c25-24(26,27)18-7-5-15(6-8-18)13-29-22(33)20-4-2-10-31(20)23(34)16-3-1-9-30(14-16)37(35,36)19-11-17(12-19)21(28)32/h5-8,16-17,19-20H,1-4,9-14H2,(H2,28,32)(H,29,33)/t16-,17?,19?,20+/m0/s1. The number of nitrogens with zero attached hydrogens (tertiary/aromatic N) is 2. The monoisotopic (exact) mass is 544 g/mol. The summed E-state index contributed by atoms with van der Waals surface area (Å²) in [6.07, 6.45) is -1.95. The lowest BCUT2D eigenvalue weighted by Crippen LogP contribution is -2.54. The summed E-state index contributed by atoms with van der Waals surface area (Å²) in [6, 6.07) is 3.79. The highest BCUT2D eigenvalue weighted by Gasteiger charge is 2.46. The zero-order valence-electron chi connectivity index (χ0n) is 20.2. The molecule has 3 amide bonds. The molecule has 1 aliphatic carbocycles. The SMILES string of the molecule is NC(=O)C1CC(S(=O)(=O)N2CCC[C@H](C(=O)N3CCC[C@@H]3C(=O)NCc3ccc(C(F)(F)F)cc3)C2)C1. The molecule has 13 heteroatoms. The average Bonchev–Trinajstić information content (AvgIpc) is 3.30. The lowest BCUT2D eigenvalue weighted by Gasteiger charge is -2.40. The van der Waals surface area contributed by atoms with Crippen LogP contribution in [-0.4, -0.2) is 66.3 Å². The van der Waals surface area contributed by atoms with Gasteiger partial charge in [0, 0.05) is 32.1 Å². The zero-order valence-corrected chi connectivity index (χ0v) is 21.1. The van der Waals surface area contributed by atoms with Gasteiger partial charge in [0.05, 0.1) is 16.7 Å². The molecule has 0 unspecified atom stereocenters. The molecule has 4 rings (SSSR count). The molecule has 2 aliphatic heterocycles. The maximum Gasteiger partial charge on any atom is 0.416 e. The van der Waals surface area contributed by atoms with Crippen molar-refractivity contribution in [3.05, 3.63) is 35.4 Å². The van der Waals surface area contributed by atoms with Crippen molar-refractivity contribution in [3.8, 4) is 0 Å². The molecule has 0 bridgehead atoms. The number of benzene rings is 1. The van der Waals surface area contributed by atoms with E-state index < -0.39 is 56.7 Å². The number of alkyl halides is 3. The van der Waals surface area contributed by atoms with E-state index in [0.29, 0.717) is 44.3 Å². The molecule has 0 radical (unpaired) electrons. The van der Waals surface area contributed by atoms with Gasteiger partial charge >= 0.3 is 6.18 Å². The number of nitrogens with one attached hydrogen (secondary N) is 1. The van der Waals surface area contributed by atoms with Crippen LogP contribution in [0, 0.1) is 11.8 Å². The largest absolute Gasteiger partial charge is 0.416 e. The Morgan fingerprint density at radius 3 is 2.27 bits per heavy atom. The van der Waals surface area contributed by atoms with E-state index in [4.69, 9.17) is 5.73 Å². The summed E-state index contributed by atoms with van der Waals surface area (Å²) in [5.74, 6) is -2.17. The number of halogens is 3. The summed E-state index contributed by atoms with van der Waals surface area (Å²) >= 11 is 0. The normalized spacial score (nSPS) is 26.9. The molecule has 1 saturated carbocycles. The minimum atomic E-state index is -4.44. The molecule has 9 nitrogen and oxygen atoms in total. The van der Waals surface area contributed by atoms with E-state index in [1.54, 1.807) is 0 Å². The van der Waals surface area contributed by atoms with Gasteiger partial charge in [-0.1, -0.05) is 12.1 Å². The van der Waals surface area contributed by atoms with Crippen molar-refractivity contribution in [2.24, 2.45) is 17.6 Å². The third kappa shape index (κ3) is 5.92. The first-order valence-electron chi connectivity index (χ1n) is 12.4. The second-order valence-electron chi connectivity index (χ2n) is 10.0. The van der Waals surface area contributed by atoms with Gasteiger partial charge in [-0.05, 0) is 56.2 Å². The highest BCUT2D eigenvalue weighted by molar-refractivity contribution is 7.89.